The predicted molar refractivity (Wildman–Crippen MR) is 567 cm³/mol. The van der Waals surface area contributed by atoms with Crippen LogP contribution < -0.4 is 40.9 Å². The van der Waals surface area contributed by atoms with Gasteiger partial charge in [0.05, 0.1) is 80.7 Å². The zero-order chi connectivity index (χ0) is 96.8. The first-order valence-corrected chi connectivity index (χ1v) is 53.9. The Balaban J connectivity index is 0.000000111. The highest BCUT2D eigenvalue weighted by molar-refractivity contribution is 7.21. The highest BCUT2D eigenvalue weighted by atomic mass is 32.1. The zero-order valence-corrected chi connectivity index (χ0v) is 85.4. The van der Waals surface area contributed by atoms with Crippen molar-refractivity contribution in [2.45, 2.75) is 276 Å². The molecule has 0 radical (unpaired) electrons. The summed E-state index contributed by atoms with van der Waals surface area (Å²) in [7, 11) is 2.17. The number of allylic oxidation sites excluding steroid dienone is 4. The van der Waals surface area contributed by atoms with E-state index in [0.29, 0.717) is 78.0 Å². The van der Waals surface area contributed by atoms with Gasteiger partial charge in [0, 0.05) is 235 Å². The topological polar surface area (TPSA) is 284 Å². The molecule has 6 aliphatic heterocycles. The van der Waals surface area contributed by atoms with Gasteiger partial charge < -0.3 is 54.8 Å². The van der Waals surface area contributed by atoms with Crippen LogP contribution in [-0.2, 0) is 29.2 Å². The number of Topliss-reactive ketones (excluding diaryl/α,β-unsaturated/α-hetero) is 2. The van der Waals surface area contributed by atoms with Gasteiger partial charge in [-0.15, -0.1) is 11.3 Å². The molecule has 24 rings (SSSR count). The SMILES string of the molecule is C=C1CC2(CCCCC2)C2=C(Cc3cnc(Nc4ccc(N5CCN(C(C)C)CC5)cn4)nc32)N1C.C=C1Cc2cc3cnc(Nc4ccc(N5CCN(C(C)C)CC5)cn4)nc3n2C2(CCCCC2)C1.CC(C)N1CCN(c2ccc(Nc3ncc4oc5c(c4n3)C3(CCCCC3)CCC5=O)nc2)CC1.CC(C)N1CCN(c2ccc(Nc3ncc4sc5c(c4n3)C3(CCCCC3)CCC5=O)nc2)CC1. The van der Waals surface area contributed by atoms with Crippen molar-refractivity contribution in [3.8, 4) is 0 Å². The second-order valence-corrected chi connectivity index (χ2v) is 44.6. The lowest BCUT2D eigenvalue weighted by Crippen LogP contribution is -2.48. The van der Waals surface area contributed by atoms with Crippen LogP contribution in [0.3, 0.4) is 0 Å². The Kier molecular flexibility index (Phi) is 27.7. The van der Waals surface area contributed by atoms with E-state index in [9.17, 15) is 9.59 Å². The monoisotopic (exact) mass is 1920 g/mol. The number of nitrogens with one attached hydrogen (secondary N) is 4. The molecule has 17 heterocycles. The van der Waals surface area contributed by atoms with Crippen molar-refractivity contribution in [1.82, 2.24) is 88.9 Å². The molecule has 4 saturated heterocycles. The van der Waals surface area contributed by atoms with Crippen molar-refractivity contribution in [1.29, 1.82) is 0 Å². The molecule has 0 aromatic carbocycles. The van der Waals surface area contributed by atoms with Crippen molar-refractivity contribution in [2.24, 2.45) is 5.41 Å². The molecule has 0 amide bonds. The lowest BCUT2D eigenvalue weighted by atomic mass is 9.63. The number of fused-ring (bicyclic) bond motifs is 15. The largest absolute Gasteiger partial charge is 0.449 e. The molecule has 7 aliphatic carbocycles. The molecule has 13 aliphatic rings. The average molecular weight is 1920 g/mol. The third-order valence-electron chi connectivity index (χ3n) is 33.7. The first kappa shape index (κ1) is 95.7. The normalized spacial score (nSPS) is 20.9. The minimum Gasteiger partial charge on any atom is -0.449 e. The van der Waals surface area contributed by atoms with Gasteiger partial charge in [-0.05, 0) is 192 Å². The molecular weight excluding hydrogens is 1780 g/mol. The molecule has 4 spiro atoms. The maximum Gasteiger partial charge on any atom is 0.230 e. The fourth-order valence-corrected chi connectivity index (χ4v) is 26.9. The van der Waals surface area contributed by atoms with Crippen molar-refractivity contribution < 1.29 is 14.0 Å². The maximum atomic E-state index is 12.8. The average Bonchev–Trinajstić information content (AvgIpc) is 1.59. The number of thiophene rings is 1. The molecule has 141 heavy (non-hydrogen) atoms. The molecule has 11 aromatic rings. The number of hydrogen-bond acceptors (Lipinski definition) is 29. The number of carbonyl (C=O) groups excluding carboxylic acids is 2. The maximum absolute atomic E-state index is 12.8. The lowest BCUT2D eigenvalue weighted by Gasteiger charge is -2.46. The fraction of sp³-hybridized carbons (Fsp3) is 0.550. The van der Waals surface area contributed by atoms with E-state index in [1.807, 2.05) is 67.6 Å². The van der Waals surface area contributed by atoms with E-state index in [0.717, 1.165) is 228 Å². The Morgan fingerprint density at radius 1 is 0.404 bits per heavy atom. The fourth-order valence-electron chi connectivity index (χ4n) is 25.7. The molecule has 0 bridgehead atoms. The van der Waals surface area contributed by atoms with Gasteiger partial charge in [-0.2, -0.15) is 4.98 Å². The summed E-state index contributed by atoms with van der Waals surface area (Å²) in [5.41, 5.74) is 19.9. The quantitative estimate of drug-likeness (QED) is 0.0654. The van der Waals surface area contributed by atoms with E-state index in [1.54, 1.807) is 17.5 Å². The van der Waals surface area contributed by atoms with Crippen LogP contribution in [0.1, 0.15) is 271 Å². The van der Waals surface area contributed by atoms with Gasteiger partial charge >= 0.3 is 0 Å². The van der Waals surface area contributed by atoms with Crippen LogP contribution in [0, 0.1) is 5.41 Å². The minimum absolute atomic E-state index is 0.0118. The predicted octanol–water partition coefficient (Wildman–Crippen LogP) is 21.1. The summed E-state index contributed by atoms with van der Waals surface area (Å²) in [5.74, 6) is 6.16. The van der Waals surface area contributed by atoms with Gasteiger partial charge in [-0.3, -0.25) is 29.2 Å². The van der Waals surface area contributed by atoms with Crippen molar-refractivity contribution >= 4 is 131 Å². The van der Waals surface area contributed by atoms with Gasteiger partial charge in [-0.1, -0.05) is 95.8 Å². The second-order valence-electron chi connectivity index (χ2n) is 43.6. The summed E-state index contributed by atoms with van der Waals surface area (Å²) in [6.07, 6.45) is 47.1. The summed E-state index contributed by atoms with van der Waals surface area (Å²) in [6, 6.07) is 21.3. The van der Waals surface area contributed by atoms with E-state index >= 15 is 0 Å². The summed E-state index contributed by atoms with van der Waals surface area (Å²) in [5, 5.41) is 14.4. The Morgan fingerprint density at radius 2 is 0.816 bits per heavy atom. The number of hydrogen-bond donors (Lipinski definition) is 4. The number of nitrogens with zero attached hydrogens (tertiary/aromatic N) is 22. The minimum atomic E-state index is 0.0118. The highest BCUT2D eigenvalue weighted by Gasteiger charge is 2.50. The van der Waals surface area contributed by atoms with E-state index in [-0.39, 0.29) is 33.4 Å². The lowest BCUT2D eigenvalue weighted by molar-refractivity contribution is 0.0907. The van der Waals surface area contributed by atoms with Crippen LogP contribution in [0.4, 0.5) is 69.8 Å². The summed E-state index contributed by atoms with van der Waals surface area (Å²) in [4.78, 5) is 105. The van der Waals surface area contributed by atoms with E-state index in [2.05, 4.69) is 211 Å². The number of piperazine rings is 4. The number of rotatable bonds is 16. The van der Waals surface area contributed by atoms with Crippen LogP contribution in [0.25, 0.3) is 37.9 Å². The number of aromatic nitrogens is 13. The van der Waals surface area contributed by atoms with Crippen LogP contribution in [-0.4, -0.2) is 236 Å². The van der Waals surface area contributed by atoms with Crippen molar-refractivity contribution in [2.75, 3.05) is 153 Å². The third-order valence-corrected chi connectivity index (χ3v) is 34.9. The number of likely N-dealkylation sites (N-methyl/N-ethyl adjacent to an activating group) is 1. The molecule has 0 unspecified atom stereocenters. The number of anilines is 12. The van der Waals surface area contributed by atoms with Crippen LogP contribution in [0.2, 0.25) is 0 Å². The molecule has 29 nitrogen and oxygen atoms in total. The smallest absolute Gasteiger partial charge is 0.230 e. The Bertz CT molecular complexity index is 6170. The molecule has 11 aromatic heterocycles. The van der Waals surface area contributed by atoms with E-state index in [4.69, 9.17) is 29.3 Å². The van der Waals surface area contributed by atoms with Crippen LogP contribution >= 0.6 is 11.3 Å². The number of pyridine rings is 4. The second kappa shape index (κ2) is 40.8. The summed E-state index contributed by atoms with van der Waals surface area (Å²) in [6.45, 7) is 43.9. The molecule has 4 saturated carbocycles. The Hall–Kier alpha value is -11.4. The Labute approximate surface area is 835 Å². The first-order valence-electron chi connectivity index (χ1n) is 53.1. The van der Waals surface area contributed by atoms with E-state index < -0.39 is 0 Å². The molecule has 30 heteroatoms. The molecule has 742 valence electrons. The van der Waals surface area contributed by atoms with Crippen molar-refractivity contribution in [3.63, 3.8) is 0 Å². The number of carbonyl (C=O) groups is 2. The van der Waals surface area contributed by atoms with E-state index in [1.165, 1.54) is 166 Å². The summed E-state index contributed by atoms with van der Waals surface area (Å²) >= 11 is 1.58. The highest BCUT2D eigenvalue weighted by Crippen LogP contribution is 2.60. The molecular formula is C111H144N26O3S. The van der Waals surface area contributed by atoms with Crippen LogP contribution in [0.15, 0.2) is 139 Å². The van der Waals surface area contributed by atoms with Gasteiger partial charge in [0.1, 0.15) is 34.4 Å². The van der Waals surface area contributed by atoms with Crippen molar-refractivity contribution in [3.05, 3.63) is 173 Å². The van der Waals surface area contributed by atoms with Gasteiger partial charge in [0.15, 0.2) is 22.9 Å². The molecule has 4 N–H and O–H groups in total. The Morgan fingerprint density at radius 3 is 1.28 bits per heavy atom. The third kappa shape index (κ3) is 19.8. The zero-order valence-electron chi connectivity index (χ0n) is 84.6. The van der Waals surface area contributed by atoms with Gasteiger partial charge in [0.2, 0.25) is 23.8 Å². The molecule has 0 atom stereocenters. The van der Waals surface area contributed by atoms with Gasteiger partial charge in [0.25, 0.3) is 0 Å². The summed E-state index contributed by atoms with van der Waals surface area (Å²) < 4.78 is 9.57. The van der Waals surface area contributed by atoms with Gasteiger partial charge in [-0.25, -0.2) is 54.8 Å². The number of ketones is 2. The number of furan rings is 1. The standard InChI is InChI=1S/C29H39N7.C28H37N7.C27H34N6O2.C27H34N6OS/c1-20(2)35-12-14-36(15-13-35)23-8-9-25(30-19-23)32-28-31-18-22-16-24-26(27(22)33-28)29(10-6-5-7-11-29)17-21(3)34(24)4;1-20(2)33-11-13-34(14-12-33)23-7-8-25(29-19-23)31-27-30-18-22-16-24-15-21(3)17-28(9-5-4-6-10-28)35(24)26(22)32-27;2*1-18(2)32-12-14-33(15-13-32)19-6-7-22(28-16-19)30-26-29-17-21-24(31-26)23-25(35-21)20(34)8-11-27(23)9-4-3-5-10-27/h8-9,18-20H,3,5-7,10-17H2,1-2,4H3,(H,30,31,32,33);7-8,16,18-20H,3-6,9-15,17H2,1-2H3,(H,29,30,31,32);2*6-7,16-18H,3-5,8-15H2,1-2H3,(H,28,29,30,31). The molecule has 8 fully saturated rings. The van der Waals surface area contributed by atoms with Crippen LogP contribution in [0.5, 0.6) is 0 Å². The first-order chi connectivity index (χ1) is 68.5.